The predicted molar refractivity (Wildman–Crippen MR) is 45.6 cm³/mol. The van der Waals surface area contributed by atoms with Crippen LogP contribution in [0, 0.1) is 15.9 Å². The summed E-state index contributed by atoms with van der Waals surface area (Å²) in [4.78, 5) is 9.52. The minimum atomic E-state index is -1.19. The summed E-state index contributed by atoms with van der Waals surface area (Å²) in [5.41, 5.74) is -1.07. The Labute approximate surface area is 80.6 Å². The van der Waals surface area contributed by atoms with Gasteiger partial charge < -0.3 is 0 Å². The predicted octanol–water partition coefficient (Wildman–Crippen LogP) is 2.97. The fourth-order valence-electron chi connectivity index (χ4n) is 0.885. The van der Waals surface area contributed by atoms with Crippen LogP contribution in [0.15, 0.2) is 16.6 Å². The number of hydrogen-bond donors (Lipinski definition) is 0. The molecule has 0 aromatic heterocycles. The Balaban J connectivity index is 3.38. The van der Waals surface area contributed by atoms with Gasteiger partial charge in [-0.1, -0.05) is 15.9 Å². The highest BCUT2D eigenvalue weighted by Gasteiger charge is 2.18. The van der Waals surface area contributed by atoms with E-state index in [1.165, 1.54) is 0 Å². The summed E-state index contributed by atoms with van der Waals surface area (Å²) in [6.45, 7) is -1.19. The molecule has 1 rings (SSSR count). The first-order valence-corrected chi connectivity index (χ1v) is 4.04. The van der Waals surface area contributed by atoms with Gasteiger partial charge in [0.25, 0.3) is 5.69 Å². The van der Waals surface area contributed by atoms with Crippen LogP contribution < -0.4 is 0 Å². The summed E-state index contributed by atoms with van der Waals surface area (Å²) in [6.07, 6.45) is 0. The van der Waals surface area contributed by atoms with Crippen LogP contribution in [0.5, 0.6) is 0 Å². The summed E-state index contributed by atoms with van der Waals surface area (Å²) in [7, 11) is 0. The standard InChI is InChI=1S/C7H4BrF2NO2/c8-4-1-6(10)5(3-9)7(2-4)11(12)13/h1-2H,3H2. The van der Waals surface area contributed by atoms with Gasteiger partial charge in [-0.05, 0) is 6.07 Å². The molecule has 1 aromatic carbocycles. The molecule has 0 saturated carbocycles. The molecule has 0 amide bonds. The molecule has 0 unspecified atom stereocenters. The summed E-state index contributed by atoms with van der Waals surface area (Å²) >= 11 is 2.88. The molecule has 0 aliphatic heterocycles. The largest absolute Gasteiger partial charge is 0.279 e. The van der Waals surface area contributed by atoms with Gasteiger partial charge in [0, 0.05) is 10.5 Å². The van der Waals surface area contributed by atoms with Crippen molar-refractivity contribution in [3.8, 4) is 0 Å². The van der Waals surface area contributed by atoms with Crippen molar-refractivity contribution in [3.05, 3.63) is 38.1 Å². The molecule has 0 N–H and O–H groups in total. The van der Waals surface area contributed by atoms with Crippen molar-refractivity contribution in [2.24, 2.45) is 0 Å². The molecule has 0 radical (unpaired) electrons. The highest BCUT2D eigenvalue weighted by molar-refractivity contribution is 9.10. The third kappa shape index (κ3) is 2.00. The molecule has 6 heteroatoms. The van der Waals surface area contributed by atoms with Crippen LogP contribution in [0.2, 0.25) is 0 Å². The Bertz CT molecular complexity index is 357. The molecule has 0 spiro atoms. The zero-order valence-electron chi connectivity index (χ0n) is 6.26. The van der Waals surface area contributed by atoms with Gasteiger partial charge in [-0.2, -0.15) is 0 Å². The first-order valence-electron chi connectivity index (χ1n) is 3.24. The van der Waals surface area contributed by atoms with Crippen LogP contribution in [0.3, 0.4) is 0 Å². The lowest BCUT2D eigenvalue weighted by molar-refractivity contribution is -0.386. The van der Waals surface area contributed by atoms with Crippen molar-refractivity contribution >= 4 is 21.6 Å². The molecule has 0 aliphatic rings. The number of nitrogens with zero attached hydrogens (tertiary/aromatic N) is 1. The van der Waals surface area contributed by atoms with E-state index in [0.717, 1.165) is 12.1 Å². The van der Waals surface area contributed by atoms with Crippen LogP contribution in [0.1, 0.15) is 5.56 Å². The second kappa shape index (κ2) is 3.78. The smallest absolute Gasteiger partial charge is 0.258 e. The van der Waals surface area contributed by atoms with E-state index in [1.807, 2.05) is 0 Å². The van der Waals surface area contributed by atoms with Crippen molar-refractivity contribution in [1.29, 1.82) is 0 Å². The van der Waals surface area contributed by atoms with Gasteiger partial charge >= 0.3 is 0 Å². The van der Waals surface area contributed by atoms with E-state index in [0.29, 0.717) is 0 Å². The van der Waals surface area contributed by atoms with Gasteiger partial charge in [0.15, 0.2) is 0 Å². The lowest BCUT2D eigenvalue weighted by atomic mass is 10.2. The molecular weight excluding hydrogens is 248 g/mol. The number of nitro benzene ring substituents is 1. The topological polar surface area (TPSA) is 43.1 Å². The van der Waals surface area contributed by atoms with E-state index in [4.69, 9.17) is 0 Å². The van der Waals surface area contributed by atoms with Crippen LogP contribution in [-0.2, 0) is 6.67 Å². The highest BCUT2D eigenvalue weighted by Crippen LogP contribution is 2.27. The Morgan fingerprint density at radius 2 is 2.15 bits per heavy atom. The van der Waals surface area contributed by atoms with Crippen LogP contribution in [0.25, 0.3) is 0 Å². The SMILES string of the molecule is O=[N+]([O-])c1cc(Br)cc(F)c1CF. The molecular formula is C7H4BrF2NO2. The normalized spacial score (nSPS) is 10.1. The van der Waals surface area contributed by atoms with E-state index in [-0.39, 0.29) is 4.47 Å². The summed E-state index contributed by atoms with van der Waals surface area (Å²) in [6, 6.07) is 2.06. The van der Waals surface area contributed by atoms with Gasteiger partial charge in [-0.3, -0.25) is 10.1 Å². The molecule has 1 aromatic rings. The van der Waals surface area contributed by atoms with Gasteiger partial charge in [0.2, 0.25) is 0 Å². The van der Waals surface area contributed by atoms with E-state index >= 15 is 0 Å². The average Bonchev–Trinajstić information content (AvgIpc) is 2.02. The third-order valence-corrected chi connectivity index (χ3v) is 1.92. The molecule has 0 bridgehead atoms. The maximum atomic E-state index is 12.9. The van der Waals surface area contributed by atoms with Gasteiger partial charge in [0.1, 0.15) is 12.5 Å². The average molecular weight is 252 g/mol. The summed E-state index contributed by atoms with van der Waals surface area (Å²) in [5.74, 6) is -0.913. The minimum Gasteiger partial charge on any atom is -0.258 e. The van der Waals surface area contributed by atoms with Gasteiger partial charge in [0.05, 0.1) is 10.5 Å². The lowest BCUT2D eigenvalue weighted by Crippen LogP contribution is -1.97. The molecule has 13 heavy (non-hydrogen) atoms. The van der Waals surface area contributed by atoms with Crippen molar-refractivity contribution in [2.75, 3.05) is 0 Å². The first kappa shape index (κ1) is 10.0. The Hall–Kier alpha value is -1.04. The fraction of sp³-hybridized carbons (Fsp3) is 0.143. The first-order chi connectivity index (χ1) is 6.06. The molecule has 0 saturated heterocycles. The maximum Gasteiger partial charge on any atom is 0.279 e. The van der Waals surface area contributed by atoms with Crippen molar-refractivity contribution < 1.29 is 13.7 Å². The molecule has 0 atom stereocenters. The third-order valence-electron chi connectivity index (χ3n) is 1.47. The molecule has 70 valence electrons. The number of halogens is 3. The lowest BCUT2D eigenvalue weighted by Gasteiger charge is -2.00. The number of nitro groups is 1. The zero-order valence-corrected chi connectivity index (χ0v) is 7.85. The fourth-order valence-corrected chi connectivity index (χ4v) is 1.30. The van der Waals surface area contributed by atoms with E-state index in [2.05, 4.69) is 15.9 Å². The van der Waals surface area contributed by atoms with Crippen molar-refractivity contribution in [1.82, 2.24) is 0 Å². The second-order valence-corrected chi connectivity index (χ2v) is 3.19. The summed E-state index contributed by atoms with van der Waals surface area (Å²) in [5, 5.41) is 10.3. The number of alkyl halides is 1. The number of hydrogen-bond acceptors (Lipinski definition) is 2. The van der Waals surface area contributed by atoms with Gasteiger partial charge in [-0.15, -0.1) is 0 Å². The van der Waals surface area contributed by atoms with Crippen LogP contribution in [-0.4, -0.2) is 4.92 Å². The van der Waals surface area contributed by atoms with E-state index < -0.39 is 28.7 Å². The van der Waals surface area contributed by atoms with E-state index in [1.54, 1.807) is 0 Å². The minimum absolute atomic E-state index is 0.217. The highest BCUT2D eigenvalue weighted by atomic mass is 79.9. The molecule has 0 aliphatic carbocycles. The second-order valence-electron chi connectivity index (χ2n) is 2.28. The van der Waals surface area contributed by atoms with E-state index in [9.17, 15) is 18.9 Å². The molecule has 3 nitrogen and oxygen atoms in total. The zero-order chi connectivity index (χ0) is 10.0. The summed E-state index contributed by atoms with van der Waals surface area (Å²) < 4.78 is 25.3. The maximum absolute atomic E-state index is 12.9. The number of benzene rings is 1. The quantitative estimate of drug-likeness (QED) is 0.599. The Kier molecular flexibility index (Phi) is 2.92. The molecule has 0 fully saturated rings. The monoisotopic (exact) mass is 251 g/mol. The van der Waals surface area contributed by atoms with Crippen LogP contribution in [0.4, 0.5) is 14.5 Å². The Morgan fingerprint density at radius 3 is 2.62 bits per heavy atom. The van der Waals surface area contributed by atoms with Crippen molar-refractivity contribution in [2.45, 2.75) is 6.67 Å². The Morgan fingerprint density at radius 1 is 1.54 bits per heavy atom. The molecule has 0 heterocycles. The van der Waals surface area contributed by atoms with Crippen molar-refractivity contribution in [3.63, 3.8) is 0 Å². The van der Waals surface area contributed by atoms with Gasteiger partial charge in [-0.25, -0.2) is 8.78 Å². The number of rotatable bonds is 2. The van der Waals surface area contributed by atoms with Crippen LogP contribution >= 0.6 is 15.9 Å².